The number of piperidine rings is 1. The van der Waals surface area contributed by atoms with Gasteiger partial charge in [0, 0.05) is 19.1 Å². The van der Waals surface area contributed by atoms with E-state index >= 15 is 0 Å². The maximum absolute atomic E-state index is 12.7. The van der Waals surface area contributed by atoms with Crippen molar-refractivity contribution in [3.63, 3.8) is 0 Å². The highest BCUT2D eigenvalue weighted by atomic mass is 16.5. The number of hydrogen-bond acceptors (Lipinski definition) is 4. The Morgan fingerprint density at radius 3 is 2.65 bits per heavy atom. The Kier molecular flexibility index (Phi) is 4.37. The first kappa shape index (κ1) is 15.3. The molecule has 2 aliphatic rings. The quantitative estimate of drug-likeness (QED) is 0.735. The molecule has 5 heteroatoms. The first-order chi connectivity index (χ1) is 9.41. The minimum absolute atomic E-state index is 0.169. The van der Waals surface area contributed by atoms with Crippen molar-refractivity contribution < 1.29 is 14.3 Å². The zero-order valence-corrected chi connectivity index (χ0v) is 13.0. The van der Waals surface area contributed by atoms with Gasteiger partial charge in [-0.2, -0.15) is 0 Å². The van der Waals surface area contributed by atoms with E-state index in [1.54, 1.807) is 0 Å². The molecule has 114 valence electrons. The molecule has 0 aromatic carbocycles. The molecule has 0 unspecified atom stereocenters. The van der Waals surface area contributed by atoms with Gasteiger partial charge in [-0.15, -0.1) is 0 Å². The molecule has 2 rings (SSSR count). The first-order valence-corrected chi connectivity index (χ1v) is 7.57. The fraction of sp³-hybridized carbons (Fsp3) is 0.867. The molecule has 0 radical (unpaired) electrons. The summed E-state index contributed by atoms with van der Waals surface area (Å²) in [4.78, 5) is 28.8. The lowest BCUT2D eigenvalue weighted by atomic mass is 9.94. The summed E-state index contributed by atoms with van der Waals surface area (Å²) < 4.78 is 4.96. The predicted octanol–water partition coefficient (Wildman–Crippen LogP) is 1.41. The maximum atomic E-state index is 12.7. The molecular formula is C15H26N2O3. The summed E-state index contributed by atoms with van der Waals surface area (Å²) in [5.74, 6) is -0.0484. The number of hydrogen-bond donors (Lipinski definition) is 0. The van der Waals surface area contributed by atoms with Crippen molar-refractivity contribution in [2.45, 2.75) is 64.1 Å². The molecule has 2 saturated heterocycles. The highest BCUT2D eigenvalue weighted by Crippen LogP contribution is 2.35. The number of rotatable bonds is 3. The number of amides is 1. The Hall–Kier alpha value is -1.10. The number of likely N-dealkylation sites (tertiary alicyclic amines) is 2. The van der Waals surface area contributed by atoms with Crippen LogP contribution in [0.5, 0.6) is 0 Å². The van der Waals surface area contributed by atoms with Crippen LogP contribution >= 0.6 is 0 Å². The van der Waals surface area contributed by atoms with Gasteiger partial charge < -0.3 is 9.64 Å². The number of carbonyl (C=O) groups excluding carboxylic acids is 2. The van der Waals surface area contributed by atoms with Gasteiger partial charge in [-0.05, 0) is 46.5 Å². The summed E-state index contributed by atoms with van der Waals surface area (Å²) in [5.41, 5.74) is -0.644. The van der Waals surface area contributed by atoms with Crippen LogP contribution in [0.4, 0.5) is 0 Å². The molecule has 2 atom stereocenters. The number of ether oxygens (including phenoxy) is 1. The van der Waals surface area contributed by atoms with Crippen LogP contribution in [0.3, 0.4) is 0 Å². The number of esters is 1. The van der Waals surface area contributed by atoms with Gasteiger partial charge in [0.2, 0.25) is 5.91 Å². The summed E-state index contributed by atoms with van der Waals surface area (Å²) in [6.07, 6.45) is 3.55. The molecule has 0 aromatic heterocycles. The predicted molar refractivity (Wildman–Crippen MR) is 76.2 cm³/mol. The molecule has 20 heavy (non-hydrogen) atoms. The molecule has 2 heterocycles. The van der Waals surface area contributed by atoms with Gasteiger partial charge in [0.1, 0.15) is 5.54 Å². The van der Waals surface area contributed by atoms with Gasteiger partial charge in [-0.1, -0.05) is 0 Å². The monoisotopic (exact) mass is 282 g/mol. The van der Waals surface area contributed by atoms with Crippen molar-refractivity contribution >= 4 is 11.9 Å². The summed E-state index contributed by atoms with van der Waals surface area (Å²) in [6.45, 7) is 7.63. The lowest BCUT2D eigenvalue weighted by molar-refractivity contribution is -0.158. The van der Waals surface area contributed by atoms with E-state index in [0.717, 1.165) is 38.8 Å². The summed E-state index contributed by atoms with van der Waals surface area (Å²) >= 11 is 0. The van der Waals surface area contributed by atoms with E-state index in [9.17, 15) is 9.59 Å². The highest BCUT2D eigenvalue weighted by molar-refractivity contribution is 5.86. The minimum atomic E-state index is -0.644. The number of nitrogens with zero attached hydrogens (tertiary/aromatic N) is 2. The fourth-order valence-corrected chi connectivity index (χ4v) is 3.60. The second-order valence-corrected chi connectivity index (χ2v) is 6.35. The zero-order valence-electron chi connectivity index (χ0n) is 13.0. The normalized spacial score (nSPS) is 31.9. The number of carbonyl (C=O) groups is 2. The van der Waals surface area contributed by atoms with E-state index < -0.39 is 5.54 Å². The van der Waals surface area contributed by atoms with E-state index in [0.29, 0.717) is 0 Å². The summed E-state index contributed by atoms with van der Waals surface area (Å²) in [7, 11) is 1.42. The lowest BCUT2D eigenvalue weighted by Crippen LogP contribution is -2.60. The topological polar surface area (TPSA) is 49.9 Å². The average Bonchev–Trinajstić information content (AvgIpc) is 2.81. The Morgan fingerprint density at radius 1 is 1.35 bits per heavy atom. The van der Waals surface area contributed by atoms with Crippen LogP contribution in [0, 0.1) is 0 Å². The van der Waals surface area contributed by atoms with Gasteiger partial charge in [-0.25, -0.2) is 0 Å². The van der Waals surface area contributed by atoms with Crippen molar-refractivity contribution in [2.75, 3.05) is 20.2 Å². The maximum Gasteiger partial charge on any atom is 0.326 e. The largest absolute Gasteiger partial charge is 0.468 e. The minimum Gasteiger partial charge on any atom is -0.468 e. The SMILES string of the molecule is COC(=O)[C@]1(C)CCCN1[C@H]1CCCN(C(C)C)C1=O. The molecule has 0 bridgehead atoms. The van der Waals surface area contributed by atoms with Crippen molar-refractivity contribution in [1.29, 1.82) is 0 Å². The van der Waals surface area contributed by atoms with Crippen LogP contribution in [-0.4, -0.2) is 59.5 Å². The second kappa shape index (κ2) is 5.72. The summed E-state index contributed by atoms with van der Waals surface area (Å²) in [5, 5.41) is 0. The van der Waals surface area contributed by atoms with Crippen molar-refractivity contribution in [3.05, 3.63) is 0 Å². The molecule has 0 aliphatic carbocycles. The molecule has 0 N–H and O–H groups in total. The van der Waals surface area contributed by atoms with Gasteiger partial charge in [0.15, 0.2) is 0 Å². The molecular weight excluding hydrogens is 256 g/mol. The van der Waals surface area contributed by atoms with Gasteiger partial charge in [0.05, 0.1) is 13.2 Å². The van der Waals surface area contributed by atoms with Crippen LogP contribution in [0.25, 0.3) is 0 Å². The van der Waals surface area contributed by atoms with Crippen molar-refractivity contribution in [3.8, 4) is 0 Å². The third-order valence-corrected chi connectivity index (χ3v) is 4.77. The molecule has 0 spiro atoms. The third-order valence-electron chi connectivity index (χ3n) is 4.77. The lowest BCUT2D eigenvalue weighted by Gasteiger charge is -2.43. The van der Waals surface area contributed by atoms with Gasteiger partial charge in [0.25, 0.3) is 0 Å². The van der Waals surface area contributed by atoms with E-state index in [1.165, 1.54) is 7.11 Å². The van der Waals surface area contributed by atoms with E-state index in [1.807, 2.05) is 25.7 Å². The fourth-order valence-electron chi connectivity index (χ4n) is 3.60. The molecule has 2 aliphatic heterocycles. The van der Waals surface area contributed by atoms with Crippen LogP contribution in [0.2, 0.25) is 0 Å². The van der Waals surface area contributed by atoms with E-state index in [-0.39, 0.29) is 24.0 Å². The molecule has 5 nitrogen and oxygen atoms in total. The Balaban J connectivity index is 2.21. The molecule has 0 aromatic rings. The molecule has 2 fully saturated rings. The van der Waals surface area contributed by atoms with Crippen LogP contribution in [0.15, 0.2) is 0 Å². The average molecular weight is 282 g/mol. The van der Waals surface area contributed by atoms with Crippen LogP contribution < -0.4 is 0 Å². The first-order valence-electron chi connectivity index (χ1n) is 7.57. The highest BCUT2D eigenvalue weighted by Gasteiger charge is 2.50. The Labute approximate surface area is 121 Å². The van der Waals surface area contributed by atoms with Crippen LogP contribution in [0.1, 0.15) is 46.5 Å². The Morgan fingerprint density at radius 2 is 2.05 bits per heavy atom. The second-order valence-electron chi connectivity index (χ2n) is 6.35. The summed E-state index contributed by atoms with van der Waals surface area (Å²) in [6, 6.07) is 0.0510. The smallest absolute Gasteiger partial charge is 0.326 e. The van der Waals surface area contributed by atoms with Crippen molar-refractivity contribution in [2.24, 2.45) is 0 Å². The van der Waals surface area contributed by atoms with E-state index in [2.05, 4.69) is 4.90 Å². The van der Waals surface area contributed by atoms with Gasteiger partial charge >= 0.3 is 5.97 Å². The standard InChI is InChI=1S/C15H26N2O3/c1-11(2)16-9-5-7-12(13(16)18)17-10-6-8-15(17,3)14(19)20-4/h11-12H,5-10H2,1-4H3/t12-,15-/m0/s1. The third kappa shape index (κ3) is 2.43. The number of methoxy groups -OCH3 is 1. The molecule has 1 amide bonds. The molecule has 0 saturated carbocycles. The Bertz CT molecular complexity index is 397. The van der Waals surface area contributed by atoms with Crippen LogP contribution in [-0.2, 0) is 14.3 Å². The van der Waals surface area contributed by atoms with Crippen molar-refractivity contribution in [1.82, 2.24) is 9.80 Å². The van der Waals surface area contributed by atoms with Gasteiger partial charge in [-0.3, -0.25) is 14.5 Å². The van der Waals surface area contributed by atoms with E-state index in [4.69, 9.17) is 4.74 Å². The zero-order chi connectivity index (χ0) is 14.9.